The first-order valence-corrected chi connectivity index (χ1v) is 7.17. The molecular formula is C17H17N5. The normalized spacial score (nSPS) is 16.4. The maximum Gasteiger partial charge on any atom is 0.177 e. The van der Waals surface area contributed by atoms with Gasteiger partial charge in [0.25, 0.3) is 0 Å². The lowest BCUT2D eigenvalue weighted by molar-refractivity contribution is 0.627. The average molecular weight is 291 g/mol. The third-order valence-corrected chi connectivity index (χ3v) is 3.54. The Labute approximate surface area is 129 Å². The fraction of sp³-hybridized carbons (Fsp3) is 0.294. The molecule has 5 heteroatoms. The Morgan fingerprint density at radius 2 is 2.09 bits per heavy atom. The lowest BCUT2D eigenvalue weighted by Crippen LogP contribution is -2.03. The van der Waals surface area contributed by atoms with Crippen LogP contribution in [0.1, 0.15) is 31.1 Å². The first-order chi connectivity index (χ1) is 10.5. The van der Waals surface area contributed by atoms with Gasteiger partial charge in [0.2, 0.25) is 0 Å². The molecule has 2 aromatic heterocycles. The van der Waals surface area contributed by atoms with Gasteiger partial charge in [0, 0.05) is 11.8 Å². The SMILES string of the molecule is Cc1nc2c(CC3=CC=CC(C)(C)C=C3)nc(C#N)cn2n1. The quantitative estimate of drug-likeness (QED) is 0.853. The molecule has 22 heavy (non-hydrogen) atoms. The van der Waals surface area contributed by atoms with Crippen LogP contribution in [0.3, 0.4) is 0 Å². The summed E-state index contributed by atoms with van der Waals surface area (Å²) in [6.07, 6.45) is 12.8. The summed E-state index contributed by atoms with van der Waals surface area (Å²) in [7, 11) is 0. The van der Waals surface area contributed by atoms with Gasteiger partial charge in [0.1, 0.15) is 11.9 Å². The molecule has 2 heterocycles. The minimum absolute atomic E-state index is 0.0426. The van der Waals surface area contributed by atoms with E-state index in [1.165, 1.54) is 0 Å². The fourth-order valence-corrected chi connectivity index (χ4v) is 2.39. The fourth-order valence-electron chi connectivity index (χ4n) is 2.39. The topological polar surface area (TPSA) is 66.9 Å². The van der Waals surface area contributed by atoms with E-state index in [0.717, 1.165) is 11.3 Å². The lowest BCUT2D eigenvalue weighted by atomic mass is 9.93. The zero-order valence-corrected chi connectivity index (χ0v) is 12.9. The number of hydrogen-bond donors (Lipinski definition) is 0. The van der Waals surface area contributed by atoms with Crippen LogP contribution in [-0.2, 0) is 6.42 Å². The van der Waals surface area contributed by atoms with Crippen LogP contribution in [0.4, 0.5) is 0 Å². The Morgan fingerprint density at radius 3 is 2.86 bits per heavy atom. The number of aromatic nitrogens is 4. The number of rotatable bonds is 2. The number of fused-ring (bicyclic) bond motifs is 1. The third-order valence-electron chi connectivity index (χ3n) is 3.54. The summed E-state index contributed by atoms with van der Waals surface area (Å²) in [4.78, 5) is 8.83. The van der Waals surface area contributed by atoms with Gasteiger partial charge in [-0.05, 0) is 12.5 Å². The zero-order valence-electron chi connectivity index (χ0n) is 12.9. The minimum Gasteiger partial charge on any atom is -0.236 e. The summed E-state index contributed by atoms with van der Waals surface area (Å²) in [5, 5.41) is 13.4. The lowest BCUT2D eigenvalue weighted by Gasteiger charge is -2.12. The van der Waals surface area contributed by atoms with Gasteiger partial charge in [-0.25, -0.2) is 14.5 Å². The van der Waals surface area contributed by atoms with Gasteiger partial charge in [-0.3, -0.25) is 0 Å². The van der Waals surface area contributed by atoms with Crippen molar-refractivity contribution in [3.05, 3.63) is 59.4 Å². The van der Waals surface area contributed by atoms with Gasteiger partial charge in [0.05, 0.1) is 11.9 Å². The van der Waals surface area contributed by atoms with E-state index in [1.807, 2.05) is 6.92 Å². The van der Waals surface area contributed by atoms with Crippen molar-refractivity contribution in [2.45, 2.75) is 27.2 Å². The van der Waals surface area contributed by atoms with Crippen LogP contribution in [0.5, 0.6) is 0 Å². The maximum absolute atomic E-state index is 9.13. The van der Waals surface area contributed by atoms with Crippen LogP contribution in [-0.4, -0.2) is 19.6 Å². The predicted molar refractivity (Wildman–Crippen MR) is 84.1 cm³/mol. The summed E-state index contributed by atoms with van der Waals surface area (Å²) in [5.41, 5.74) is 3.00. The highest BCUT2D eigenvalue weighted by Crippen LogP contribution is 2.24. The minimum atomic E-state index is 0.0426. The molecular weight excluding hydrogens is 274 g/mol. The van der Waals surface area contributed by atoms with Crippen molar-refractivity contribution in [1.82, 2.24) is 19.6 Å². The molecule has 0 N–H and O–H groups in total. The first-order valence-electron chi connectivity index (χ1n) is 7.17. The molecule has 0 spiro atoms. The van der Waals surface area contributed by atoms with Crippen molar-refractivity contribution in [3.8, 4) is 6.07 Å². The predicted octanol–water partition coefficient (Wildman–Crippen LogP) is 2.93. The molecule has 0 amide bonds. The molecule has 3 rings (SSSR count). The van der Waals surface area contributed by atoms with Crippen molar-refractivity contribution in [2.75, 3.05) is 0 Å². The molecule has 5 nitrogen and oxygen atoms in total. The number of nitrogens with zero attached hydrogens (tertiary/aromatic N) is 5. The smallest absolute Gasteiger partial charge is 0.177 e. The highest BCUT2D eigenvalue weighted by molar-refractivity contribution is 5.48. The van der Waals surface area contributed by atoms with Crippen LogP contribution < -0.4 is 0 Å². The van der Waals surface area contributed by atoms with E-state index in [1.54, 1.807) is 10.7 Å². The molecule has 0 bridgehead atoms. The molecule has 0 atom stereocenters. The number of nitriles is 1. The Kier molecular flexibility index (Phi) is 3.38. The van der Waals surface area contributed by atoms with Crippen LogP contribution in [0, 0.1) is 23.7 Å². The molecule has 0 unspecified atom stereocenters. The van der Waals surface area contributed by atoms with Gasteiger partial charge in [-0.15, -0.1) is 0 Å². The van der Waals surface area contributed by atoms with Gasteiger partial charge in [0.15, 0.2) is 11.3 Å². The Hall–Kier alpha value is -2.74. The Morgan fingerprint density at radius 1 is 1.27 bits per heavy atom. The largest absolute Gasteiger partial charge is 0.236 e. The summed E-state index contributed by atoms with van der Waals surface area (Å²) >= 11 is 0. The average Bonchev–Trinajstić information content (AvgIpc) is 2.75. The summed E-state index contributed by atoms with van der Waals surface area (Å²) < 4.78 is 1.64. The number of aryl methyl sites for hydroxylation is 1. The zero-order chi connectivity index (χ0) is 15.7. The van der Waals surface area contributed by atoms with Crippen LogP contribution >= 0.6 is 0 Å². The van der Waals surface area contributed by atoms with E-state index in [-0.39, 0.29) is 5.41 Å². The Bertz CT molecular complexity index is 859. The van der Waals surface area contributed by atoms with Crippen LogP contribution in [0.25, 0.3) is 5.65 Å². The second-order valence-corrected chi connectivity index (χ2v) is 6.04. The number of hydrogen-bond acceptors (Lipinski definition) is 4. The molecule has 0 aromatic carbocycles. The second-order valence-electron chi connectivity index (χ2n) is 6.04. The van der Waals surface area contributed by atoms with E-state index in [4.69, 9.17) is 5.26 Å². The van der Waals surface area contributed by atoms with Crippen molar-refractivity contribution < 1.29 is 0 Å². The molecule has 0 fully saturated rings. The summed E-state index contributed by atoms with van der Waals surface area (Å²) in [5.74, 6) is 0.671. The number of allylic oxidation sites excluding steroid dienone is 6. The second kappa shape index (κ2) is 5.23. The van der Waals surface area contributed by atoms with Crippen molar-refractivity contribution in [1.29, 1.82) is 5.26 Å². The van der Waals surface area contributed by atoms with Gasteiger partial charge in [-0.1, -0.05) is 44.2 Å². The van der Waals surface area contributed by atoms with E-state index in [9.17, 15) is 0 Å². The first kappa shape index (κ1) is 14.2. The van der Waals surface area contributed by atoms with E-state index >= 15 is 0 Å². The Balaban J connectivity index is 2.02. The van der Waals surface area contributed by atoms with Crippen molar-refractivity contribution in [2.24, 2.45) is 5.41 Å². The molecule has 2 aromatic rings. The van der Waals surface area contributed by atoms with Gasteiger partial charge in [-0.2, -0.15) is 10.4 Å². The highest BCUT2D eigenvalue weighted by Gasteiger charge is 2.14. The molecule has 0 saturated carbocycles. The summed E-state index contributed by atoms with van der Waals surface area (Å²) in [6, 6.07) is 2.08. The third kappa shape index (κ3) is 2.82. The summed E-state index contributed by atoms with van der Waals surface area (Å²) in [6.45, 7) is 6.15. The monoisotopic (exact) mass is 291 g/mol. The van der Waals surface area contributed by atoms with E-state index < -0.39 is 0 Å². The molecule has 110 valence electrons. The van der Waals surface area contributed by atoms with Gasteiger partial charge < -0.3 is 0 Å². The molecule has 0 radical (unpaired) electrons. The highest BCUT2D eigenvalue weighted by atomic mass is 15.3. The molecule has 0 saturated heterocycles. The maximum atomic E-state index is 9.13. The van der Waals surface area contributed by atoms with Crippen LogP contribution in [0.15, 0.2) is 42.2 Å². The van der Waals surface area contributed by atoms with E-state index in [0.29, 0.717) is 23.6 Å². The molecule has 1 aliphatic rings. The van der Waals surface area contributed by atoms with Crippen molar-refractivity contribution in [3.63, 3.8) is 0 Å². The van der Waals surface area contributed by atoms with Crippen molar-refractivity contribution >= 4 is 5.65 Å². The molecule has 0 aliphatic heterocycles. The van der Waals surface area contributed by atoms with E-state index in [2.05, 4.69) is 65.4 Å². The van der Waals surface area contributed by atoms with Crippen LogP contribution in [0.2, 0.25) is 0 Å². The molecule has 1 aliphatic carbocycles. The van der Waals surface area contributed by atoms with Gasteiger partial charge >= 0.3 is 0 Å². The standard InChI is InChI=1S/C17H17N5/c1-12-19-16-15(20-14(10-18)11-22(16)21-12)9-13-5-4-7-17(2,3)8-6-13/h4-8,11H,9H2,1-3H3.